The monoisotopic (exact) mass is 309 g/mol. The smallest absolute Gasteiger partial charge is 0.273 e. The van der Waals surface area contributed by atoms with E-state index in [4.69, 9.17) is 11.1 Å². The van der Waals surface area contributed by atoms with E-state index in [0.29, 0.717) is 5.69 Å². The molecular formula is C17H19N5O. The van der Waals surface area contributed by atoms with E-state index in [1.807, 2.05) is 43.4 Å². The lowest BCUT2D eigenvalue weighted by Gasteiger charge is -2.09. The Morgan fingerprint density at radius 1 is 0.957 bits per heavy atom. The highest BCUT2D eigenvalue weighted by Crippen LogP contribution is 2.20. The number of hydrogen-bond acceptors (Lipinski definition) is 5. The standard InChI is InChI=1S/C17H19N5O/c1-20-12-2-4-13(5-3-12)21-14-6-8-15(9-7-14)22-17(23)16(19)10-11-18/h2-11,19-21H,18H2,1H3,(H,22,23)/b11-10-,19-16?. The lowest BCUT2D eigenvalue weighted by atomic mass is 10.2. The molecule has 0 aliphatic heterocycles. The summed E-state index contributed by atoms with van der Waals surface area (Å²) in [6.45, 7) is 0. The number of nitrogens with one attached hydrogen (secondary N) is 4. The first kappa shape index (κ1) is 16.1. The summed E-state index contributed by atoms with van der Waals surface area (Å²) in [5.74, 6) is -0.505. The molecule has 6 nitrogen and oxygen atoms in total. The van der Waals surface area contributed by atoms with Gasteiger partial charge in [0, 0.05) is 29.8 Å². The third kappa shape index (κ3) is 4.60. The van der Waals surface area contributed by atoms with Gasteiger partial charge < -0.3 is 21.7 Å². The van der Waals surface area contributed by atoms with Crippen LogP contribution in [-0.4, -0.2) is 18.7 Å². The van der Waals surface area contributed by atoms with Crippen LogP contribution >= 0.6 is 0 Å². The summed E-state index contributed by atoms with van der Waals surface area (Å²) in [4.78, 5) is 11.7. The normalized spacial score (nSPS) is 10.3. The molecule has 0 aromatic heterocycles. The molecule has 0 unspecified atom stereocenters. The van der Waals surface area contributed by atoms with E-state index in [2.05, 4.69) is 16.0 Å². The van der Waals surface area contributed by atoms with E-state index in [9.17, 15) is 4.79 Å². The molecule has 0 heterocycles. The SMILES string of the molecule is CNc1ccc(Nc2ccc(NC(=O)C(=N)/C=C\N)cc2)cc1. The van der Waals surface area contributed by atoms with Gasteiger partial charge in [0.1, 0.15) is 5.71 Å². The van der Waals surface area contributed by atoms with Crippen LogP contribution in [-0.2, 0) is 4.79 Å². The molecule has 0 radical (unpaired) electrons. The largest absolute Gasteiger partial charge is 0.405 e. The van der Waals surface area contributed by atoms with Gasteiger partial charge in [0.25, 0.3) is 5.91 Å². The van der Waals surface area contributed by atoms with E-state index in [-0.39, 0.29) is 5.71 Å². The lowest BCUT2D eigenvalue weighted by Crippen LogP contribution is -2.20. The highest BCUT2D eigenvalue weighted by atomic mass is 16.1. The number of carbonyl (C=O) groups is 1. The maximum Gasteiger partial charge on any atom is 0.273 e. The first-order valence-electron chi connectivity index (χ1n) is 7.05. The van der Waals surface area contributed by atoms with Gasteiger partial charge in [-0.3, -0.25) is 10.2 Å². The second-order valence-electron chi connectivity index (χ2n) is 4.76. The summed E-state index contributed by atoms with van der Waals surface area (Å²) >= 11 is 0. The highest BCUT2D eigenvalue weighted by Gasteiger charge is 2.06. The van der Waals surface area contributed by atoms with E-state index in [0.717, 1.165) is 23.3 Å². The van der Waals surface area contributed by atoms with Gasteiger partial charge in [0.2, 0.25) is 0 Å². The molecular weight excluding hydrogens is 290 g/mol. The van der Waals surface area contributed by atoms with Crippen LogP contribution in [0, 0.1) is 5.41 Å². The van der Waals surface area contributed by atoms with Crippen LogP contribution in [0.5, 0.6) is 0 Å². The summed E-state index contributed by atoms with van der Waals surface area (Å²) in [5, 5.41) is 16.4. The van der Waals surface area contributed by atoms with Crippen molar-refractivity contribution >= 4 is 34.4 Å². The average molecular weight is 309 g/mol. The van der Waals surface area contributed by atoms with Gasteiger partial charge in [0.05, 0.1) is 0 Å². The van der Waals surface area contributed by atoms with Crippen LogP contribution in [0.1, 0.15) is 0 Å². The Labute approximate surface area is 134 Å². The number of carbonyl (C=O) groups excluding carboxylic acids is 1. The number of nitrogens with two attached hydrogens (primary N) is 1. The molecule has 118 valence electrons. The summed E-state index contributed by atoms with van der Waals surface area (Å²) in [5.41, 5.74) is 8.49. The van der Waals surface area contributed by atoms with E-state index in [1.165, 1.54) is 6.08 Å². The molecule has 0 aliphatic rings. The zero-order chi connectivity index (χ0) is 16.7. The topological polar surface area (TPSA) is 103 Å². The van der Waals surface area contributed by atoms with Crippen molar-refractivity contribution in [1.82, 2.24) is 0 Å². The Morgan fingerprint density at radius 2 is 1.43 bits per heavy atom. The Hall–Kier alpha value is -3.28. The lowest BCUT2D eigenvalue weighted by molar-refractivity contribution is -0.110. The second kappa shape index (κ2) is 7.65. The van der Waals surface area contributed by atoms with Gasteiger partial charge in [-0.15, -0.1) is 0 Å². The van der Waals surface area contributed by atoms with Crippen LogP contribution in [0.3, 0.4) is 0 Å². The van der Waals surface area contributed by atoms with Gasteiger partial charge in [0.15, 0.2) is 0 Å². The molecule has 2 aromatic carbocycles. The molecule has 0 fully saturated rings. The van der Waals surface area contributed by atoms with Crippen molar-refractivity contribution in [3.63, 3.8) is 0 Å². The van der Waals surface area contributed by atoms with Gasteiger partial charge in [-0.1, -0.05) is 0 Å². The third-order valence-corrected chi connectivity index (χ3v) is 3.11. The molecule has 0 spiro atoms. The van der Waals surface area contributed by atoms with Crippen LogP contribution in [0.25, 0.3) is 0 Å². The zero-order valence-corrected chi connectivity index (χ0v) is 12.8. The van der Waals surface area contributed by atoms with Crippen molar-refractivity contribution in [2.24, 2.45) is 5.73 Å². The van der Waals surface area contributed by atoms with Crippen LogP contribution in [0.15, 0.2) is 60.8 Å². The molecule has 23 heavy (non-hydrogen) atoms. The number of anilines is 4. The molecule has 0 saturated carbocycles. The minimum atomic E-state index is -0.505. The fourth-order valence-corrected chi connectivity index (χ4v) is 1.89. The van der Waals surface area contributed by atoms with Gasteiger partial charge in [-0.05, 0) is 60.8 Å². The van der Waals surface area contributed by atoms with Crippen molar-refractivity contribution in [3.05, 3.63) is 60.8 Å². The summed E-state index contributed by atoms with van der Waals surface area (Å²) < 4.78 is 0. The highest BCUT2D eigenvalue weighted by molar-refractivity contribution is 6.45. The minimum absolute atomic E-state index is 0.195. The third-order valence-electron chi connectivity index (χ3n) is 3.11. The van der Waals surface area contributed by atoms with Crippen molar-refractivity contribution < 1.29 is 4.79 Å². The Balaban J connectivity index is 1.98. The molecule has 0 atom stereocenters. The summed E-state index contributed by atoms with van der Waals surface area (Å²) in [7, 11) is 1.87. The maximum atomic E-state index is 11.7. The maximum absolute atomic E-state index is 11.7. The molecule has 1 amide bonds. The fraction of sp³-hybridized carbons (Fsp3) is 0.0588. The molecule has 6 heteroatoms. The summed E-state index contributed by atoms with van der Waals surface area (Å²) in [6.07, 6.45) is 2.40. The molecule has 0 bridgehead atoms. The predicted molar refractivity (Wildman–Crippen MR) is 95.4 cm³/mol. The first-order valence-corrected chi connectivity index (χ1v) is 7.05. The second-order valence-corrected chi connectivity index (χ2v) is 4.76. The van der Waals surface area contributed by atoms with E-state index < -0.39 is 5.91 Å². The average Bonchev–Trinajstić information content (AvgIpc) is 2.57. The van der Waals surface area contributed by atoms with Gasteiger partial charge in [-0.25, -0.2) is 0 Å². The van der Waals surface area contributed by atoms with Crippen LogP contribution in [0.4, 0.5) is 22.7 Å². The van der Waals surface area contributed by atoms with E-state index in [1.54, 1.807) is 12.1 Å². The Morgan fingerprint density at radius 3 is 1.91 bits per heavy atom. The van der Waals surface area contributed by atoms with Crippen molar-refractivity contribution in [2.75, 3.05) is 23.0 Å². The molecule has 0 aliphatic carbocycles. The minimum Gasteiger partial charge on any atom is -0.405 e. The zero-order valence-electron chi connectivity index (χ0n) is 12.8. The molecule has 2 aromatic rings. The van der Waals surface area contributed by atoms with Crippen LogP contribution < -0.4 is 21.7 Å². The quantitative estimate of drug-likeness (QED) is 0.529. The number of hydrogen-bond donors (Lipinski definition) is 5. The number of amides is 1. The fourth-order valence-electron chi connectivity index (χ4n) is 1.89. The first-order chi connectivity index (χ1) is 11.1. The molecule has 0 saturated heterocycles. The van der Waals surface area contributed by atoms with Crippen molar-refractivity contribution in [2.45, 2.75) is 0 Å². The van der Waals surface area contributed by atoms with E-state index >= 15 is 0 Å². The Bertz CT molecular complexity index is 705. The van der Waals surface area contributed by atoms with Crippen molar-refractivity contribution in [1.29, 1.82) is 5.41 Å². The predicted octanol–water partition coefficient (Wildman–Crippen LogP) is 2.90. The van der Waals surface area contributed by atoms with Crippen LogP contribution in [0.2, 0.25) is 0 Å². The summed E-state index contributed by atoms with van der Waals surface area (Å²) in [6, 6.07) is 15.1. The number of benzene rings is 2. The van der Waals surface area contributed by atoms with Crippen molar-refractivity contribution in [3.8, 4) is 0 Å². The Kier molecular flexibility index (Phi) is 5.35. The number of rotatable bonds is 6. The molecule has 2 rings (SSSR count). The van der Waals surface area contributed by atoms with Gasteiger partial charge in [-0.2, -0.15) is 0 Å². The van der Waals surface area contributed by atoms with Gasteiger partial charge >= 0.3 is 0 Å². The molecule has 6 N–H and O–H groups in total.